The maximum absolute atomic E-state index is 12.4. The quantitative estimate of drug-likeness (QED) is 0.455. The molecule has 0 aliphatic carbocycles. The summed E-state index contributed by atoms with van der Waals surface area (Å²) in [7, 11) is 1.87. The number of aromatic nitrogens is 4. The minimum atomic E-state index is -0.0778. The monoisotopic (exact) mass is 424 g/mol. The van der Waals surface area contributed by atoms with E-state index >= 15 is 0 Å². The van der Waals surface area contributed by atoms with E-state index in [-0.39, 0.29) is 11.7 Å². The third-order valence-electron chi connectivity index (χ3n) is 4.55. The number of amides is 1. The summed E-state index contributed by atoms with van der Waals surface area (Å²) in [6, 6.07) is 11.6. The van der Waals surface area contributed by atoms with E-state index in [4.69, 9.17) is 5.73 Å². The van der Waals surface area contributed by atoms with Crippen LogP contribution in [0.5, 0.6) is 0 Å². The zero-order valence-electron chi connectivity index (χ0n) is 16.0. The topological polar surface area (TPSA) is 98.7 Å². The van der Waals surface area contributed by atoms with Crippen LogP contribution in [-0.4, -0.2) is 31.4 Å². The van der Waals surface area contributed by atoms with Crippen molar-refractivity contribution in [2.45, 2.75) is 18.5 Å². The van der Waals surface area contributed by atoms with Crippen molar-refractivity contribution in [2.75, 3.05) is 16.8 Å². The van der Waals surface area contributed by atoms with Gasteiger partial charge >= 0.3 is 0 Å². The number of pyridine rings is 1. The molecule has 1 aromatic carbocycles. The molecule has 0 radical (unpaired) electrons. The highest BCUT2D eigenvalue weighted by Gasteiger charge is 2.19. The molecule has 0 bridgehead atoms. The average Bonchev–Trinajstić information content (AvgIpc) is 3.26. The van der Waals surface area contributed by atoms with E-state index in [0.717, 1.165) is 32.8 Å². The highest BCUT2D eigenvalue weighted by Crippen LogP contribution is 2.39. The van der Waals surface area contributed by atoms with Crippen molar-refractivity contribution in [3.63, 3.8) is 0 Å². The molecule has 0 saturated heterocycles. The highest BCUT2D eigenvalue weighted by molar-refractivity contribution is 7.99. The first kappa shape index (κ1) is 19.4. The van der Waals surface area contributed by atoms with Crippen LogP contribution in [0.15, 0.2) is 47.8 Å². The van der Waals surface area contributed by atoms with Crippen LogP contribution in [0.4, 0.5) is 11.4 Å². The van der Waals surface area contributed by atoms with Gasteiger partial charge in [-0.1, -0.05) is 36.9 Å². The number of hydrogen-bond donors (Lipinski definition) is 2. The molecule has 0 fully saturated rings. The number of hydrogen-bond acceptors (Lipinski definition) is 7. The fraction of sp³-hybridized carbons (Fsp3) is 0.200. The molecule has 3 N–H and O–H groups in total. The van der Waals surface area contributed by atoms with Gasteiger partial charge in [-0.15, -0.1) is 21.5 Å². The number of aryl methyl sites for hydroxylation is 1. The molecule has 4 rings (SSSR count). The van der Waals surface area contributed by atoms with E-state index < -0.39 is 0 Å². The van der Waals surface area contributed by atoms with Gasteiger partial charge in [-0.05, 0) is 30.2 Å². The molecular formula is C20H20N6OS2. The number of thioether (sulfide) groups is 1. The number of carbonyl (C=O) groups is 1. The summed E-state index contributed by atoms with van der Waals surface area (Å²) in [5.41, 5.74) is 8.92. The van der Waals surface area contributed by atoms with Gasteiger partial charge in [-0.2, -0.15) is 0 Å². The summed E-state index contributed by atoms with van der Waals surface area (Å²) in [4.78, 5) is 18.5. The van der Waals surface area contributed by atoms with Crippen LogP contribution in [-0.2, 0) is 18.3 Å². The van der Waals surface area contributed by atoms with Gasteiger partial charge in [0.2, 0.25) is 5.91 Å². The predicted molar refractivity (Wildman–Crippen MR) is 119 cm³/mol. The number of anilines is 2. The molecule has 1 amide bonds. The van der Waals surface area contributed by atoms with Crippen LogP contribution in [0.3, 0.4) is 0 Å². The molecule has 4 aromatic rings. The lowest BCUT2D eigenvalue weighted by Gasteiger charge is -2.09. The van der Waals surface area contributed by atoms with Gasteiger partial charge in [0.1, 0.15) is 4.83 Å². The normalized spacial score (nSPS) is 11.1. The number of rotatable bonds is 6. The molecular weight excluding hydrogens is 404 g/mol. The summed E-state index contributed by atoms with van der Waals surface area (Å²) in [6.07, 6.45) is 2.61. The maximum atomic E-state index is 12.4. The van der Waals surface area contributed by atoms with Crippen molar-refractivity contribution in [3.05, 3.63) is 48.2 Å². The minimum Gasteiger partial charge on any atom is -0.397 e. The summed E-state index contributed by atoms with van der Waals surface area (Å²) >= 11 is 2.83. The van der Waals surface area contributed by atoms with Gasteiger partial charge in [0.05, 0.1) is 16.3 Å². The SMILES string of the molecule is CCc1ccccc1NC(=O)CSc1nnc(-c2sc3ncccc3c2N)n1C. The molecule has 29 heavy (non-hydrogen) atoms. The Morgan fingerprint density at radius 1 is 1.24 bits per heavy atom. The first-order valence-corrected chi connectivity index (χ1v) is 10.9. The smallest absolute Gasteiger partial charge is 0.234 e. The first-order valence-electron chi connectivity index (χ1n) is 9.11. The van der Waals surface area contributed by atoms with Crippen LogP contribution in [0.25, 0.3) is 20.9 Å². The van der Waals surface area contributed by atoms with Crippen molar-refractivity contribution in [3.8, 4) is 10.7 Å². The zero-order valence-corrected chi connectivity index (χ0v) is 17.7. The van der Waals surface area contributed by atoms with E-state index in [9.17, 15) is 4.79 Å². The second-order valence-electron chi connectivity index (χ2n) is 6.41. The molecule has 0 aliphatic heterocycles. The number of nitrogens with one attached hydrogen (secondary N) is 1. The maximum Gasteiger partial charge on any atom is 0.234 e. The third-order valence-corrected chi connectivity index (χ3v) is 6.69. The molecule has 0 aliphatic rings. The number of nitrogen functional groups attached to an aromatic ring is 1. The van der Waals surface area contributed by atoms with Crippen LogP contribution >= 0.6 is 23.1 Å². The van der Waals surface area contributed by atoms with Gasteiger partial charge in [-0.25, -0.2) is 4.98 Å². The lowest BCUT2D eigenvalue weighted by molar-refractivity contribution is -0.113. The largest absolute Gasteiger partial charge is 0.397 e. The van der Waals surface area contributed by atoms with Crippen molar-refractivity contribution < 1.29 is 4.79 Å². The number of carbonyl (C=O) groups excluding carboxylic acids is 1. The van der Waals surface area contributed by atoms with Crippen molar-refractivity contribution in [1.82, 2.24) is 19.7 Å². The summed E-state index contributed by atoms with van der Waals surface area (Å²) in [5.74, 6) is 0.837. The lowest BCUT2D eigenvalue weighted by Crippen LogP contribution is -2.15. The summed E-state index contributed by atoms with van der Waals surface area (Å²) < 4.78 is 1.86. The van der Waals surface area contributed by atoms with Crippen LogP contribution in [0.1, 0.15) is 12.5 Å². The standard InChI is InChI=1S/C20H20N6OS2/c1-3-12-7-4-5-9-14(12)23-15(27)11-28-20-25-24-18(26(20)2)17-16(21)13-8-6-10-22-19(13)29-17/h4-10H,3,11,21H2,1-2H3,(H,23,27). The van der Waals surface area contributed by atoms with Gasteiger partial charge in [0.25, 0.3) is 0 Å². The van der Waals surface area contributed by atoms with Crippen LogP contribution in [0, 0.1) is 0 Å². The first-order chi connectivity index (χ1) is 14.1. The van der Waals surface area contributed by atoms with Gasteiger partial charge in [-0.3, -0.25) is 4.79 Å². The second-order valence-corrected chi connectivity index (χ2v) is 8.36. The molecule has 148 valence electrons. The van der Waals surface area contributed by atoms with E-state index in [1.165, 1.54) is 23.1 Å². The minimum absolute atomic E-state index is 0.0778. The molecule has 3 aromatic heterocycles. The van der Waals surface area contributed by atoms with Gasteiger partial charge in [0.15, 0.2) is 11.0 Å². The number of nitrogens with zero attached hydrogens (tertiary/aromatic N) is 4. The molecule has 0 unspecified atom stereocenters. The zero-order chi connectivity index (χ0) is 20.4. The van der Waals surface area contributed by atoms with Crippen molar-refractivity contribution in [1.29, 1.82) is 0 Å². The number of thiophene rings is 1. The number of para-hydroxylation sites is 1. The predicted octanol–water partition coefficient (Wildman–Crippen LogP) is 3.97. The highest BCUT2D eigenvalue weighted by atomic mass is 32.2. The summed E-state index contributed by atoms with van der Waals surface area (Å²) in [5, 5.41) is 13.1. The fourth-order valence-electron chi connectivity index (χ4n) is 3.02. The van der Waals surface area contributed by atoms with Crippen LogP contribution < -0.4 is 11.1 Å². The Hall–Kier alpha value is -2.91. The Bertz CT molecular complexity index is 1180. The average molecular weight is 425 g/mol. The molecule has 7 nitrogen and oxygen atoms in total. The molecule has 0 spiro atoms. The number of nitrogens with two attached hydrogens (primary N) is 1. The van der Waals surface area contributed by atoms with Crippen molar-refractivity contribution >= 4 is 50.6 Å². The van der Waals surface area contributed by atoms with E-state index in [2.05, 4.69) is 27.4 Å². The second kappa shape index (κ2) is 8.22. The van der Waals surface area contributed by atoms with Crippen LogP contribution in [0.2, 0.25) is 0 Å². The fourth-order valence-corrected chi connectivity index (χ4v) is 4.82. The van der Waals surface area contributed by atoms with E-state index in [1.54, 1.807) is 6.20 Å². The third kappa shape index (κ3) is 3.83. The van der Waals surface area contributed by atoms with E-state index in [0.29, 0.717) is 16.7 Å². The molecule has 0 saturated carbocycles. The Morgan fingerprint density at radius 2 is 2.07 bits per heavy atom. The Labute approximate surface area is 176 Å². The van der Waals surface area contributed by atoms with E-state index in [1.807, 2.05) is 48.0 Å². The number of benzene rings is 1. The lowest BCUT2D eigenvalue weighted by atomic mass is 10.1. The Balaban J connectivity index is 1.49. The summed E-state index contributed by atoms with van der Waals surface area (Å²) in [6.45, 7) is 2.07. The Kier molecular flexibility index (Phi) is 5.50. The Morgan fingerprint density at radius 3 is 2.86 bits per heavy atom. The molecule has 0 atom stereocenters. The van der Waals surface area contributed by atoms with Gasteiger partial charge < -0.3 is 15.6 Å². The molecule has 3 heterocycles. The van der Waals surface area contributed by atoms with Gasteiger partial charge in [0, 0.05) is 24.3 Å². The molecule has 9 heteroatoms. The van der Waals surface area contributed by atoms with Crippen molar-refractivity contribution in [2.24, 2.45) is 7.05 Å². The number of fused-ring (bicyclic) bond motifs is 1.